The number of nitrogens with zero attached hydrogens (tertiary/aromatic N) is 1. The van der Waals surface area contributed by atoms with E-state index in [0.29, 0.717) is 39.6 Å². The van der Waals surface area contributed by atoms with Gasteiger partial charge in [-0.15, -0.1) is 0 Å². The lowest BCUT2D eigenvalue weighted by Gasteiger charge is -2.33. The summed E-state index contributed by atoms with van der Waals surface area (Å²) >= 11 is 0. The normalized spacial score (nSPS) is 13.9. The van der Waals surface area contributed by atoms with Crippen LogP contribution >= 0.6 is 0 Å². The van der Waals surface area contributed by atoms with Crippen LogP contribution in [0.2, 0.25) is 0 Å². The van der Waals surface area contributed by atoms with E-state index in [-0.39, 0.29) is 17.3 Å². The molecule has 3 aromatic carbocycles. The molecule has 3 aromatic rings. The first-order valence-electron chi connectivity index (χ1n) is 9.10. The van der Waals surface area contributed by atoms with Gasteiger partial charge < -0.3 is 14.2 Å². The molecule has 0 aliphatic carbocycles. The zero-order valence-electron chi connectivity index (χ0n) is 16.7. The molecule has 0 bridgehead atoms. The van der Waals surface area contributed by atoms with E-state index in [1.165, 1.54) is 43.8 Å². The highest BCUT2D eigenvalue weighted by molar-refractivity contribution is 7.93. The van der Waals surface area contributed by atoms with Gasteiger partial charge in [0.1, 0.15) is 11.6 Å². The van der Waals surface area contributed by atoms with Crippen molar-refractivity contribution in [2.75, 3.05) is 25.6 Å². The molecule has 0 saturated heterocycles. The van der Waals surface area contributed by atoms with Crippen LogP contribution in [-0.4, -0.2) is 29.7 Å². The summed E-state index contributed by atoms with van der Waals surface area (Å²) in [6.07, 6.45) is 0. The minimum Gasteiger partial charge on any atom is -0.497 e. The Hall–Kier alpha value is -3.26. The molecular weight excluding hydrogens is 409 g/mol. The maximum atomic E-state index is 13.6. The summed E-state index contributed by atoms with van der Waals surface area (Å²) in [6, 6.07) is 14.1. The van der Waals surface area contributed by atoms with Crippen molar-refractivity contribution in [3.05, 3.63) is 66.0 Å². The molecule has 1 aliphatic rings. The molecule has 0 unspecified atom stereocenters. The van der Waals surface area contributed by atoms with Crippen molar-refractivity contribution in [2.24, 2.45) is 0 Å². The van der Waals surface area contributed by atoms with Crippen LogP contribution in [0.5, 0.6) is 17.2 Å². The van der Waals surface area contributed by atoms with E-state index >= 15 is 0 Å². The van der Waals surface area contributed by atoms with Crippen molar-refractivity contribution < 1.29 is 27.0 Å². The van der Waals surface area contributed by atoms with Crippen LogP contribution in [0.4, 0.5) is 10.1 Å². The van der Waals surface area contributed by atoms with Crippen LogP contribution in [0.3, 0.4) is 0 Å². The molecule has 0 radical (unpaired) electrons. The summed E-state index contributed by atoms with van der Waals surface area (Å²) in [6.45, 7) is 0.0383. The van der Waals surface area contributed by atoms with Gasteiger partial charge in [-0.3, -0.25) is 4.31 Å². The maximum absolute atomic E-state index is 13.6. The molecule has 156 valence electrons. The van der Waals surface area contributed by atoms with Gasteiger partial charge in [0.15, 0.2) is 11.5 Å². The molecule has 0 N–H and O–H groups in total. The number of hydrogen-bond acceptors (Lipinski definition) is 5. The van der Waals surface area contributed by atoms with Crippen LogP contribution < -0.4 is 18.5 Å². The molecule has 0 aromatic heterocycles. The molecule has 1 aliphatic heterocycles. The average molecular weight is 429 g/mol. The number of ether oxygens (including phenoxy) is 3. The number of methoxy groups -OCH3 is 3. The molecule has 0 fully saturated rings. The quantitative estimate of drug-likeness (QED) is 0.607. The topological polar surface area (TPSA) is 65.1 Å². The molecule has 6 nitrogen and oxygen atoms in total. The number of sulfonamides is 1. The van der Waals surface area contributed by atoms with E-state index in [0.717, 1.165) is 0 Å². The van der Waals surface area contributed by atoms with Gasteiger partial charge >= 0.3 is 0 Å². The highest BCUT2D eigenvalue weighted by Crippen LogP contribution is 2.48. The molecule has 0 spiro atoms. The van der Waals surface area contributed by atoms with Crippen LogP contribution in [0.1, 0.15) is 5.56 Å². The maximum Gasteiger partial charge on any atom is 0.265 e. The Morgan fingerprint density at radius 1 is 0.833 bits per heavy atom. The third kappa shape index (κ3) is 3.23. The van der Waals surface area contributed by atoms with Crippen LogP contribution in [0.25, 0.3) is 11.1 Å². The molecule has 0 atom stereocenters. The first-order chi connectivity index (χ1) is 14.4. The van der Waals surface area contributed by atoms with E-state index in [1.54, 1.807) is 30.3 Å². The van der Waals surface area contributed by atoms with Gasteiger partial charge in [0.25, 0.3) is 10.0 Å². The van der Waals surface area contributed by atoms with Gasteiger partial charge in [0.05, 0.1) is 38.5 Å². The molecule has 0 saturated carbocycles. The zero-order valence-corrected chi connectivity index (χ0v) is 17.5. The molecule has 1 heterocycles. The van der Waals surface area contributed by atoms with Gasteiger partial charge in [-0.2, -0.15) is 0 Å². The smallest absolute Gasteiger partial charge is 0.265 e. The minimum absolute atomic E-state index is 0.0383. The summed E-state index contributed by atoms with van der Waals surface area (Å²) in [5.41, 5.74) is 2.35. The minimum atomic E-state index is -3.94. The predicted molar refractivity (Wildman–Crippen MR) is 111 cm³/mol. The molecular formula is C22H20FNO5S. The average Bonchev–Trinajstić information content (AvgIpc) is 2.76. The van der Waals surface area contributed by atoms with E-state index < -0.39 is 10.0 Å². The van der Waals surface area contributed by atoms with Gasteiger partial charge in [-0.05, 0) is 35.9 Å². The molecule has 0 amide bonds. The fraction of sp³-hybridized carbons (Fsp3) is 0.182. The Morgan fingerprint density at radius 3 is 2.13 bits per heavy atom. The van der Waals surface area contributed by atoms with Crippen molar-refractivity contribution in [1.82, 2.24) is 0 Å². The standard InChI is InChI=1S/C22H20FNO5S/c1-27-16-8-9-17-18-11-20(28-2)21(29-3)12-22(18)30(25,26)24(19(17)10-16)13-14-4-6-15(23)7-5-14/h4-12H,13H2,1-3H3. The lowest BCUT2D eigenvalue weighted by atomic mass is 10.0. The second-order valence-electron chi connectivity index (χ2n) is 6.72. The lowest BCUT2D eigenvalue weighted by Crippen LogP contribution is -2.34. The Labute approximate surface area is 174 Å². The summed E-state index contributed by atoms with van der Waals surface area (Å²) in [4.78, 5) is 0.111. The van der Waals surface area contributed by atoms with E-state index in [4.69, 9.17) is 14.2 Å². The van der Waals surface area contributed by atoms with E-state index in [1.807, 2.05) is 6.07 Å². The van der Waals surface area contributed by atoms with Crippen molar-refractivity contribution in [2.45, 2.75) is 11.4 Å². The third-order valence-electron chi connectivity index (χ3n) is 5.06. The summed E-state index contributed by atoms with van der Waals surface area (Å²) < 4.78 is 57.9. The van der Waals surface area contributed by atoms with Crippen molar-refractivity contribution in [1.29, 1.82) is 0 Å². The number of benzene rings is 3. The van der Waals surface area contributed by atoms with E-state index in [9.17, 15) is 12.8 Å². The SMILES string of the molecule is COc1ccc2c(c1)N(Cc1ccc(F)cc1)S(=O)(=O)c1cc(OC)c(OC)cc1-2. The Bertz CT molecular complexity index is 1210. The van der Waals surface area contributed by atoms with Crippen molar-refractivity contribution in [3.8, 4) is 28.4 Å². The second kappa shape index (κ2) is 7.53. The number of halogens is 1. The molecule has 8 heteroatoms. The first kappa shape index (κ1) is 20.0. The molecule has 30 heavy (non-hydrogen) atoms. The third-order valence-corrected chi connectivity index (χ3v) is 6.86. The number of hydrogen-bond donors (Lipinski definition) is 0. The fourth-order valence-electron chi connectivity index (χ4n) is 3.53. The fourth-order valence-corrected chi connectivity index (χ4v) is 5.20. The highest BCUT2D eigenvalue weighted by atomic mass is 32.2. The predicted octanol–water partition coefficient (Wildman–Crippen LogP) is 4.23. The second-order valence-corrected chi connectivity index (χ2v) is 8.56. The van der Waals surface area contributed by atoms with Gasteiger partial charge in [0.2, 0.25) is 0 Å². The number of rotatable bonds is 5. The van der Waals surface area contributed by atoms with Crippen molar-refractivity contribution in [3.63, 3.8) is 0 Å². The van der Waals surface area contributed by atoms with Crippen LogP contribution in [0.15, 0.2) is 59.5 Å². The number of fused-ring (bicyclic) bond motifs is 3. The lowest BCUT2D eigenvalue weighted by molar-refractivity contribution is 0.354. The van der Waals surface area contributed by atoms with E-state index in [2.05, 4.69) is 0 Å². The Morgan fingerprint density at radius 2 is 1.50 bits per heavy atom. The largest absolute Gasteiger partial charge is 0.497 e. The van der Waals surface area contributed by atoms with Crippen LogP contribution in [0, 0.1) is 5.82 Å². The molecule has 4 rings (SSSR count). The zero-order chi connectivity index (χ0) is 21.5. The van der Waals surface area contributed by atoms with Gasteiger partial charge in [-0.1, -0.05) is 12.1 Å². The Kier molecular flexibility index (Phi) is 5.03. The van der Waals surface area contributed by atoms with Gasteiger partial charge in [0, 0.05) is 23.3 Å². The highest BCUT2D eigenvalue weighted by Gasteiger charge is 2.36. The monoisotopic (exact) mass is 429 g/mol. The Balaban J connectivity index is 1.96. The van der Waals surface area contributed by atoms with Crippen LogP contribution in [-0.2, 0) is 16.6 Å². The number of anilines is 1. The summed E-state index contributed by atoms with van der Waals surface area (Å²) in [7, 11) is 0.531. The first-order valence-corrected chi connectivity index (χ1v) is 10.5. The summed E-state index contributed by atoms with van der Waals surface area (Å²) in [5, 5.41) is 0. The van der Waals surface area contributed by atoms with Gasteiger partial charge in [-0.25, -0.2) is 12.8 Å². The summed E-state index contributed by atoms with van der Waals surface area (Å²) in [5.74, 6) is 0.889. The van der Waals surface area contributed by atoms with Crippen molar-refractivity contribution >= 4 is 15.7 Å².